The number of carboxylic acids is 1. The van der Waals surface area contributed by atoms with Gasteiger partial charge >= 0.3 is 5.97 Å². The lowest BCUT2D eigenvalue weighted by molar-refractivity contribution is 0.0697. The maximum atomic E-state index is 10.3. The second kappa shape index (κ2) is 2.50. The Hall–Kier alpha value is -1.34. The molecule has 4 heteroatoms. The summed E-state index contributed by atoms with van der Waals surface area (Å²) in [5.41, 5.74) is 0.324. The molecule has 1 rings (SSSR count). The van der Waals surface area contributed by atoms with E-state index in [1.807, 2.05) is 0 Å². The average molecular weight is 153 g/mol. The summed E-state index contributed by atoms with van der Waals surface area (Å²) in [6.07, 6.45) is 0. The molecule has 10 heavy (non-hydrogen) atoms. The smallest absolute Gasteiger partial charge is 0.337 e. The number of nitrogens with zero attached hydrogens (tertiary/aromatic N) is 1. The first-order chi connectivity index (χ1) is 4.75. The summed E-state index contributed by atoms with van der Waals surface area (Å²) in [7, 11) is 0. The summed E-state index contributed by atoms with van der Waals surface area (Å²) < 4.78 is 0. The van der Waals surface area contributed by atoms with Crippen molar-refractivity contribution >= 4 is 17.3 Å². The number of carbonyl (C=O) groups is 1. The molecule has 1 aromatic rings. The van der Waals surface area contributed by atoms with Gasteiger partial charge in [0.1, 0.15) is 6.07 Å². The topological polar surface area (TPSA) is 61.1 Å². The maximum absolute atomic E-state index is 10.3. The van der Waals surface area contributed by atoms with E-state index >= 15 is 0 Å². The van der Waals surface area contributed by atoms with Gasteiger partial charge in [0.15, 0.2) is 0 Å². The molecule has 0 aliphatic heterocycles. The van der Waals surface area contributed by atoms with Crippen LogP contribution in [0.3, 0.4) is 0 Å². The third-order valence-electron chi connectivity index (χ3n) is 1.01. The van der Waals surface area contributed by atoms with Crippen molar-refractivity contribution in [3.8, 4) is 6.07 Å². The van der Waals surface area contributed by atoms with Crippen molar-refractivity contribution in [2.45, 2.75) is 0 Å². The zero-order valence-corrected chi connectivity index (χ0v) is 5.68. The normalized spacial score (nSPS) is 8.70. The monoisotopic (exact) mass is 153 g/mol. The molecule has 1 aromatic heterocycles. The number of hydrogen-bond donors (Lipinski definition) is 1. The summed E-state index contributed by atoms with van der Waals surface area (Å²) in [6, 6.07) is 1.79. The van der Waals surface area contributed by atoms with Gasteiger partial charge in [0.25, 0.3) is 0 Å². The Morgan fingerprint density at radius 1 is 1.70 bits per heavy atom. The summed E-state index contributed by atoms with van der Waals surface area (Å²) in [6.45, 7) is 0. The molecule has 0 aromatic carbocycles. The Kier molecular flexibility index (Phi) is 1.69. The van der Waals surface area contributed by atoms with E-state index in [2.05, 4.69) is 0 Å². The predicted octanol–water partition coefficient (Wildman–Crippen LogP) is 1.32. The number of aromatic carboxylic acids is 1. The first-order valence-corrected chi connectivity index (χ1v) is 3.39. The molecule has 0 unspecified atom stereocenters. The van der Waals surface area contributed by atoms with E-state index in [9.17, 15) is 4.79 Å². The van der Waals surface area contributed by atoms with Crippen LogP contribution in [0.2, 0.25) is 0 Å². The molecule has 0 spiro atoms. The Bertz CT molecular complexity index is 297. The molecule has 0 fully saturated rings. The van der Waals surface area contributed by atoms with Crippen molar-refractivity contribution in [3.05, 3.63) is 21.9 Å². The van der Waals surface area contributed by atoms with Gasteiger partial charge < -0.3 is 5.11 Å². The van der Waals surface area contributed by atoms with E-state index in [4.69, 9.17) is 10.4 Å². The highest BCUT2D eigenvalue weighted by molar-refractivity contribution is 7.08. The highest BCUT2D eigenvalue weighted by Crippen LogP contribution is 2.12. The molecular formula is C6H3NO2S. The van der Waals surface area contributed by atoms with Crippen LogP contribution < -0.4 is 0 Å². The van der Waals surface area contributed by atoms with Crippen LogP contribution in [0.5, 0.6) is 0 Å². The largest absolute Gasteiger partial charge is 0.478 e. The van der Waals surface area contributed by atoms with Crippen LogP contribution in [-0.4, -0.2) is 11.1 Å². The van der Waals surface area contributed by atoms with Gasteiger partial charge in [0.05, 0.1) is 11.1 Å². The van der Waals surface area contributed by atoms with Crippen LogP contribution in [0.4, 0.5) is 0 Å². The van der Waals surface area contributed by atoms with Crippen LogP contribution >= 0.6 is 11.3 Å². The molecule has 0 amide bonds. The molecule has 1 N–H and O–H groups in total. The minimum Gasteiger partial charge on any atom is -0.478 e. The zero-order chi connectivity index (χ0) is 7.56. The van der Waals surface area contributed by atoms with E-state index < -0.39 is 5.97 Å². The highest BCUT2D eigenvalue weighted by Gasteiger charge is 2.08. The maximum Gasteiger partial charge on any atom is 0.337 e. The number of nitriles is 1. The third-order valence-corrected chi connectivity index (χ3v) is 1.76. The molecule has 0 radical (unpaired) electrons. The quantitative estimate of drug-likeness (QED) is 0.661. The fourth-order valence-electron chi connectivity index (χ4n) is 0.549. The molecular weight excluding hydrogens is 150 g/mol. The SMILES string of the molecule is N#Cc1cscc1C(=O)O. The van der Waals surface area contributed by atoms with Gasteiger partial charge in [0, 0.05) is 10.8 Å². The Balaban J connectivity index is 3.17. The fraction of sp³-hybridized carbons (Fsp3) is 0. The van der Waals surface area contributed by atoms with E-state index in [1.54, 1.807) is 6.07 Å². The zero-order valence-electron chi connectivity index (χ0n) is 4.87. The molecule has 0 bridgehead atoms. The van der Waals surface area contributed by atoms with E-state index in [0.29, 0.717) is 0 Å². The van der Waals surface area contributed by atoms with Crippen molar-refractivity contribution in [1.82, 2.24) is 0 Å². The molecule has 0 aliphatic rings. The highest BCUT2D eigenvalue weighted by atomic mass is 32.1. The second-order valence-electron chi connectivity index (χ2n) is 1.62. The molecule has 3 nitrogen and oxygen atoms in total. The van der Waals surface area contributed by atoms with Gasteiger partial charge in [-0.05, 0) is 0 Å². The number of carboxylic acid groups (broad SMARTS) is 1. The van der Waals surface area contributed by atoms with Gasteiger partial charge in [-0.1, -0.05) is 0 Å². The number of rotatable bonds is 1. The first-order valence-electron chi connectivity index (χ1n) is 2.45. The predicted molar refractivity (Wildman–Crippen MR) is 36.0 cm³/mol. The second-order valence-corrected chi connectivity index (χ2v) is 2.36. The lowest BCUT2D eigenvalue weighted by Crippen LogP contribution is -1.95. The summed E-state index contributed by atoms with van der Waals surface area (Å²) in [4.78, 5) is 10.3. The summed E-state index contributed by atoms with van der Waals surface area (Å²) >= 11 is 1.22. The average Bonchev–Trinajstić information content (AvgIpc) is 2.33. The third kappa shape index (κ3) is 0.993. The standard InChI is InChI=1S/C6H3NO2S/c7-1-4-2-10-3-5(4)6(8)9/h2-3H,(H,8,9). The van der Waals surface area contributed by atoms with Gasteiger partial charge in [-0.15, -0.1) is 0 Å². The molecule has 0 aliphatic carbocycles. The van der Waals surface area contributed by atoms with Gasteiger partial charge in [0.2, 0.25) is 0 Å². The van der Waals surface area contributed by atoms with Crippen LogP contribution in [0, 0.1) is 11.3 Å². The fourth-order valence-corrected chi connectivity index (χ4v) is 1.30. The molecule has 0 saturated heterocycles. The van der Waals surface area contributed by atoms with E-state index in [0.717, 1.165) is 0 Å². The van der Waals surface area contributed by atoms with E-state index in [1.165, 1.54) is 22.1 Å². The molecule has 0 atom stereocenters. The summed E-state index contributed by atoms with van der Waals surface area (Å²) in [5, 5.41) is 19.8. The van der Waals surface area contributed by atoms with Gasteiger partial charge in [-0.25, -0.2) is 4.79 Å². The van der Waals surface area contributed by atoms with Crippen molar-refractivity contribution in [2.75, 3.05) is 0 Å². The van der Waals surface area contributed by atoms with Gasteiger partial charge in [-0.2, -0.15) is 16.6 Å². The van der Waals surface area contributed by atoms with Crippen molar-refractivity contribution in [1.29, 1.82) is 5.26 Å². The van der Waals surface area contributed by atoms with Gasteiger partial charge in [-0.3, -0.25) is 0 Å². The van der Waals surface area contributed by atoms with Crippen LogP contribution in [0.25, 0.3) is 0 Å². The van der Waals surface area contributed by atoms with E-state index in [-0.39, 0.29) is 11.1 Å². The Labute approximate surface area is 61.1 Å². The number of thiophene rings is 1. The van der Waals surface area contributed by atoms with Crippen molar-refractivity contribution in [2.24, 2.45) is 0 Å². The lowest BCUT2D eigenvalue weighted by atomic mass is 10.2. The first kappa shape index (κ1) is 6.78. The van der Waals surface area contributed by atoms with Crippen LogP contribution in [0.1, 0.15) is 15.9 Å². The molecule has 50 valence electrons. The van der Waals surface area contributed by atoms with Crippen LogP contribution in [-0.2, 0) is 0 Å². The Morgan fingerprint density at radius 2 is 2.40 bits per heavy atom. The minimum atomic E-state index is -1.04. The van der Waals surface area contributed by atoms with Crippen molar-refractivity contribution in [3.63, 3.8) is 0 Å². The number of hydrogen-bond acceptors (Lipinski definition) is 3. The summed E-state index contributed by atoms with van der Waals surface area (Å²) in [5.74, 6) is -1.04. The van der Waals surface area contributed by atoms with Crippen molar-refractivity contribution < 1.29 is 9.90 Å². The lowest BCUT2D eigenvalue weighted by Gasteiger charge is -1.84. The minimum absolute atomic E-state index is 0.0903. The Morgan fingerprint density at radius 3 is 2.80 bits per heavy atom. The van der Waals surface area contributed by atoms with Crippen LogP contribution in [0.15, 0.2) is 10.8 Å². The molecule has 0 saturated carbocycles. The molecule has 1 heterocycles.